The number of hydrogen-bond acceptors (Lipinski definition) is 1. The number of aryl methyl sites for hydroxylation is 2. The van der Waals surface area contributed by atoms with Gasteiger partial charge in [0.05, 0.1) is 0 Å². The van der Waals surface area contributed by atoms with E-state index in [1.54, 1.807) is 0 Å². The van der Waals surface area contributed by atoms with E-state index in [0.717, 1.165) is 6.54 Å². The van der Waals surface area contributed by atoms with Gasteiger partial charge < -0.3 is 5.32 Å². The molecule has 0 unspecified atom stereocenters. The maximum Gasteiger partial charge on any atom is 0.0295 e. The maximum absolute atomic E-state index is 3.56. The number of nitrogens with one attached hydrogen (secondary N) is 1. The molecule has 94 valence electrons. The standard InChI is InChI=1S/C17H21N/c1-13-7-9-16(10-8-13)12-18-15(3)17-6-4-5-14(2)11-17/h4-11,15,18H,12H2,1-3H3/t15-/m1/s1. The predicted molar refractivity (Wildman–Crippen MR) is 77.6 cm³/mol. The summed E-state index contributed by atoms with van der Waals surface area (Å²) in [5.74, 6) is 0. The average molecular weight is 239 g/mol. The highest BCUT2D eigenvalue weighted by Gasteiger charge is 2.04. The SMILES string of the molecule is Cc1ccc(CN[C@H](C)c2cccc(C)c2)cc1. The van der Waals surface area contributed by atoms with E-state index in [0.29, 0.717) is 6.04 Å². The molecule has 0 aliphatic heterocycles. The minimum atomic E-state index is 0.381. The molecular weight excluding hydrogens is 218 g/mol. The molecular formula is C17H21N. The second-order valence-corrected chi connectivity index (χ2v) is 5.00. The number of rotatable bonds is 4. The van der Waals surface area contributed by atoms with Gasteiger partial charge >= 0.3 is 0 Å². The number of hydrogen-bond donors (Lipinski definition) is 1. The fourth-order valence-electron chi connectivity index (χ4n) is 2.03. The van der Waals surface area contributed by atoms with Crippen molar-refractivity contribution in [2.45, 2.75) is 33.4 Å². The van der Waals surface area contributed by atoms with Gasteiger partial charge in [-0.05, 0) is 31.9 Å². The van der Waals surface area contributed by atoms with Gasteiger partial charge in [-0.3, -0.25) is 0 Å². The monoisotopic (exact) mass is 239 g/mol. The van der Waals surface area contributed by atoms with Crippen LogP contribution < -0.4 is 5.32 Å². The summed E-state index contributed by atoms with van der Waals surface area (Å²) >= 11 is 0. The van der Waals surface area contributed by atoms with Crippen molar-refractivity contribution in [1.29, 1.82) is 0 Å². The minimum Gasteiger partial charge on any atom is -0.306 e. The summed E-state index contributed by atoms with van der Waals surface area (Å²) in [7, 11) is 0. The Hall–Kier alpha value is -1.60. The average Bonchev–Trinajstić information content (AvgIpc) is 2.38. The Kier molecular flexibility index (Phi) is 4.16. The predicted octanol–water partition coefficient (Wildman–Crippen LogP) is 4.15. The van der Waals surface area contributed by atoms with Crippen LogP contribution in [0.25, 0.3) is 0 Å². The zero-order valence-corrected chi connectivity index (χ0v) is 11.4. The summed E-state index contributed by atoms with van der Waals surface area (Å²) in [5.41, 5.74) is 5.31. The van der Waals surface area contributed by atoms with Gasteiger partial charge in [-0.1, -0.05) is 59.7 Å². The lowest BCUT2D eigenvalue weighted by Crippen LogP contribution is -2.18. The van der Waals surface area contributed by atoms with E-state index < -0.39 is 0 Å². The highest BCUT2D eigenvalue weighted by Crippen LogP contribution is 2.14. The molecule has 0 aliphatic carbocycles. The third-order valence-corrected chi connectivity index (χ3v) is 3.28. The van der Waals surface area contributed by atoms with E-state index in [9.17, 15) is 0 Å². The Morgan fingerprint density at radius 1 is 0.944 bits per heavy atom. The summed E-state index contributed by atoms with van der Waals surface area (Å²) in [6.07, 6.45) is 0. The van der Waals surface area contributed by atoms with Crippen LogP contribution in [0, 0.1) is 13.8 Å². The molecule has 0 bridgehead atoms. The molecule has 0 heterocycles. The van der Waals surface area contributed by atoms with E-state index >= 15 is 0 Å². The summed E-state index contributed by atoms with van der Waals surface area (Å²) < 4.78 is 0. The fraction of sp³-hybridized carbons (Fsp3) is 0.294. The van der Waals surface area contributed by atoms with Crippen molar-refractivity contribution >= 4 is 0 Å². The quantitative estimate of drug-likeness (QED) is 0.845. The third kappa shape index (κ3) is 3.44. The van der Waals surface area contributed by atoms with Crippen LogP contribution >= 0.6 is 0 Å². The van der Waals surface area contributed by atoms with E-state index in [2.05, 4.69) is 74.6 Å². The lowest BCUT2D eigenvalue weighted by atomic mass is 10.1. The van der Waals surface area contributed by atoms with Crippen molar-refractivity contribution in [1.82, 2.24) is 5.32 Å². The van der Waals surface area contributed by atoms with E-state index in [-0.39, 0.29) is 0 Å². The summed E-state index contributed by atoms with van der Waals surface area (Å²) in [5, 5.41) is 3.56. The first kappa shape index (κ1) is 12.8. The van der Waals surface area contributed by atoms with Gasteiger partial charge in [0.15, 0.2) is 0 Å². The largest absolute Gasteiger partial charge is 0.306 e. The van der Waals surface area contributed by atoms with Crippen LogP contribution in [-0.4, -0.2) is 0 Å². The molecule has 0 saturated heterocycles. The topological polar surface area (TPSA) is 12.0 Å². The van der Waals surface area contributed by atoms with Crippen molar-refractivity contribution in [3.05, 3.63) is 70.8 Å². The van der Waals surface area contributed by atoms with Crippen molar-refractivity contribution in [2.24, 2.45) is 0 Å². The molecule has 0 amide bonds. The Morgan fingerprint density at radius 3 is 2.33 bits per heavy atom. The van der Waals surface area contributed by atoms with E-state index in [1.807, 2.05) is 0 Å². The second kappa shape index (κ2) is 5.83. The maximum atomic E-state index is 3.56. The highest BCUT2D eigenvalue weighted by molar-refractivity contribution is 5.25. The first-order valence-electron chi connectivity index (χ1n) is 6.50. The van der Waals surface area contributed by atoms with Gasteiger partial charge in [0.1, 0.15) is 0 Å². The summed E-state index contributed by atoms with van der Waals surface area (Å²) in [4.78, 5) is 0. The molecule has 2 aromatic rings. The molecule has 1 heteroatoms. The second-order valence-electron chi connectivity index (χ2n) is 5.00. The first-order valence-corrected chi connectivity index (χ1v) is 6.50. The van der Waals surface area contributed by atoms with Crippen molar-refractivity contribution in [3.63, 3.8) is 0 Å². The smallest absolute Gasteiger partial charge is 0.0295 e. The van der Waals surface area contributed by atoms with Gasteiger partial charge in [-0.25, -0.2) is 0 Å². The van der Waals surface area contributed by atoms with Crippen LogP contribution in [0.2, 0.25) is 0 Å². The lowest BCUT2D eigenvalue weighted by molar-refractivity contribution is 0.574. The van der Waals surface area contributed by atoms with Crippen molar-refractivity contribution < 1.29 is 0 Å². The molecule has 0 radical (unpaired) electrons. The zero-order chi connectivity index (χ0) is 13.0. The lowest BCUT2D eigenvalue weighted by Gasteiger charge is -2.15. The van der Waals surface area contributed by atoms with Crippen LogP contribution in [0.1, 0.15) is 35.2 Å². The Morgan fingerprint density at radius 2 is 1.67 bits per heavy atom. The van der Waals surface area contributed by atoms with Gasteiger partial charge in [0.25, 0.3) is 0 Å². The molecule has 1 N–H and O–H groups in total. The Balaban J connectivity index is 1.96. The molecule has 0 spiro atoms. The van der Waals surface area contributed by atoms with Crippen LogP contribution in [0.3, 0.4) is 0 Å². The molecule has 2 aromatic carbocycles. The first-order chi connectivity index (χ1) is 8.65. The minimum absolute atomic E-state index is 0.381. The molecule has 0 saturated carbocycles. The van der Waals surface area contributed by atoms with Crippen LogP contribution in [0.4, 0.5) is 0 Å². The van der Waals surface area contributed by atoms with E-state index in [1.165, 1.54) is 22.3 Å². The Labute approximate surface area is 110 Å². The van der Waals surface area contributed by atoms with Crippen LogP contribution in [0.15, 0.2) is 48.5 Å². The third-order valence-electron chi connectivity index (χ3n) is 3.28. The van der Waals surface area contributed by atoms with Crippen molar-refractivity contribution in [3.8, 4) is 0 Å². The van der Waals surface area contributed by atoms with Crippen LogP contribution in [0.5, 0.6) is 0 Å². The zero-order valence-electron chi connectivity index (χ0n) is 11.4. The summed E-state index contributed by atoms with van der Waals surface area (Å²) in [6, 6.07) is 17.8. The van der Waals surface area contributed by atoms with Crippen molar-refractivity contribution in [2.75, 3.05) is 0 Å². The molecule has 2 rings (SSSR count). The molecule has 0 fully saturated rings. The molecule has 1 atom stereocenters. The molecule has 18 heavy (non-hydrogen) atoms. The van der Waals surface area contributed by atoms with Gasteiger partial charge in [0, 0.05) is 12.6 Å². The fourth-order valence-corrected chi connectivity index (χ4v) is 2.03. The molecule has 0 aromatic heterocycles. The normalized spacial score (nSPS) is 12.4. The van der Waals surface area contributed by atoms with E-state index in [4.69, 9.17) is 0 Å². The van der Waals surface area contributed by atoms with Gasteiger partial charge in [-0.15, -0.1) is 0 Å². The Bertz CT molecular complexity index is 499. The number of benzene rings is 2. The van der Waals surface area contributed by atoms with Crippen LogP contribution in [-0.2, 0) is 6.54 Å². The van der Waals surface area contributed by atoms with Gasteiger partial charge in [0.2, 0.25) is 0 Å². The summed E-state index contributed by atoms with van der Waals surface area (Å²) in [6.45, 7) is 7.38. The molecule has 0 aliphatic rings. The highest BCUT2D eigenvalue weighted by atomic mass is 14.9. The van der Waals surface area contributed by atoms with Gasteiger partial charge in [-0.2, -0.15) is 0 Å². The molecule has 1 nitrogen and oxygen atoms in total.